The van der Waals surface area contributed by atoms with Gasteiger partial charge in [-0.15, -0.1) is 0 Å². The first-order valence-corrected chi connectivity index (χ1v) is 7.23. The van der Waals surface area contributed by atoms with Crippen molar-refractivity contribution in [3.8, 4) is 11.9 Å². The van der Waals surface area contributed by atoms with Gasteiger partial charge in [-0.2, -0.15) is 5.26 Å². The predicted octanol–water partition coefficient (Wildman–Crippen LogP) is 1.42. The largest absolute Gasteiger partial charge is 0.476 e. The van der Waals surface area contributed by atoms with Crippen LogP contribution >= 0.6 is 0 Å². The maximum absolute atomic E-state index is 11.0. The molecule has 0 spiro atoms. The molecule has 0 unspecified atom stereocenters. The molecule has 3 rings (SSSR count). The van der Waals surface area contributed by atoms with E-state index in [2.05, 4.69) is 26.4 Å². The molecule has 2 heterocycles. The highest BCUT2D eigenvalue weighted by molar-refractivity contribution is 5.87. The number of aromatic carboxylic acids is 1. The van der Waals surface area contributed by atoms with Crippen LogP contribution in [0.1, 0.15) is 28.9 Å². The number of piperidine rings is 1. The summed E-state index contributed by atoms with van der Waals surface area (Å²) in [5.74, 6) is -1.10. The monoisotopic (exact) mass is 313 g/mol. The highest BCUT2D eigenvalue weighted by atomic mass is 16.5. The van der Waals surface area contributed by atoms with E-state index in [0.717, 1.165) is 31.6 Å². The third-order valence-corrected chi connectivity index (χ3v) is 3.81. The summed E-state index contributed by atoms with van der Waals surface area (Å²) < 4.78 is 5.65. The average Bonchev–Trinajstić information content (AvgIpc) is 3.04. The van der Waals surface area contributed by atoms with Crippen molar-refractivity contribution < 1.29 is 14.6 Å². The van der Waals surface area contributed by atoms with E-state index in [0.29, 0.717) is 5.56 Å². The first-order valence-electron chi connectivity index (χ1n) is 7.23. The van der Waals surface area contributed by atoms with Crippen LogP contribution in [0.5, 0.6) is 5.88 Å². The summed E-state index contributed by atoms with van der Waals surface area (Å²) in [6.07, 6.45) is 1.42. The van der Waals surface area contributed by atoms with Crippen LogP contribution in [-0.4, -0.2) is 45.7 Å². The van der Waals surface area contributed by atoms with E-state index in [4.69, 9.17) is 15.1 Å². The second-order valence-electron chi connectivity index (χ2n) is 5.26. The Hall–Kier alpha value is -3.08. The first kappa shape index (κ1) is 14.8. The second-order valence-corrected chi connectivity index (χ2v) is 5.26. The minimum Gasteiger partial charge on any atom is -0.476 e. The van der Waals surface area contributed by atoms with Crippen molar-refractivity contribution in [1.82, 2.24) is 15.4 Å². The Morgan fingerprint density at radius 1 is 1.35 bits per heavy atom. The van der Waals surface area contributed by atoms with Gasteiger partial charge in [0.15, 0.2) is 0 Å². The lowest BCUT2D eigenvalue weighted by Crippen LogP contribution is -2.38. The zero-order valence-electron chi connectivity index (χ0n) is 12.3. The molecule has 1 aliphatic rings. The quantitative estimate of drug-likeness (QED) is 0.877. The number of nitriles is 1. The molecule has 8 heteroatoms. The predicted molar refractivity (Wildman–Crippen MR) is 80.4 cm³/mol. The van der Waals surface area contributed by atoms with Crippen molar-refractivity contribution in [3.05, 3.63) is 35.5 Å². The van der Waals surface area contributed by atoms with E-state index in [1.54, 1.807) is 12.1 Å². The Bertz CT molecular complexity index is 726. The van der Waals surface area contributed by atoms with Gasteiger partial charge < -0.3 is 14.7 Å². The Morgan fingerprint density at radius 2 is 2.04 bits per heavy atom. The van der Waals surface area contributed by atoms with E-state index < -0.39 is 5.97 Å². The van der Waals surface area contributed by atoms with Crippen molar-refractivity contribution in [3.63, 3.8) is 0 Å². The van der Waals surface area contributed by atoms with Crippen LogP contribution in [0, 0.1) is 11.3 Å². The number of hydrogen-bond donors (Lipinski definition) is 2. The molecule has 23 heavy (non-hydrogen) atoms. The summed E-state index contributed by atoms with van der Waals surface area (Å²) in [6, 6.07) is 9.56. The smallest absolute Gasteiger partial charge is 0.359 e. The van der Waals surface area contributed by atoms with Crippen LogP contribution in [-0.2, 0) is 0 Å². The molecule has 0 aliphatic carbocycles. The van der Waals surface area contributed by atoms with Gasteiger partial charge in [-0.1, -0.05) is 10.3 Å². The fraction of sp³-hybridized carbons (Fsp3) is 0.333. The van der Waals surface area contributed by atoms with Gasteiger partial charge in [0.05, 0.1) is 11.6 Å². The van der Waals surface area contributed by atoms with Gasteiger partial charge in [0.25, 0.3) is 5.88 Å². The van der Waals surface area contributed by atoms with Crippen LogP contribution < -0.4 is 9.64 Å². The number of benzene rings is 1. The molecular formula is C15H15N5O3. The summed E-state index contributed by atoms with van der Waals surface area (Å²) >= 11 is 0. The third-order valence-electron chi connectivity index (χ3n) is 3.81. The molecule has 118 valence electrons. The SMILES string of the molecule is N#Cc1ccc(N2CCC(Oc3nn[nH]c3C(=O)O)CC2)cc1. The number of ether oxygens (including phenoxy) is 1. The second kappa shape index (κ2) is 6.36. The maximum atomic E-state index is 11.0. The lowest BCUT2D eigenvalue weighted by molar-refractivity contribution is 0.0680. The van der Waals surface area contributed by atoms with Gasteiger partial charge >= 0.3 is 5.97 Å². The molecule has 2 aromatic rings. The summed E-state index contributed by atoms with van der Waals surface area (Å²) in [6.45, 7) is 1.58. The zero-order valence-corrected chi connectivity index (χ0v) is 12.3. The molecule has 1 aliphatic heterocycles. The molecule has 2 N–H and O–H groups in total. The average molecular weight is 313 g/mol. The van der Waals surface area contributed by atoms with Crippen LogP contribution in [0.2, 0.25) is 0 Å². The van der Waals surface area contributed by atoms with E-state index in [1.165, 1.54) is 0 Å². The molecule has 1 aromatic carbocycles. The summed E-state index contributed by atoms with van der Waals surface area (Å²) in [5.41, 5.74) is 1.58. The number of aromatic amines is 1. The molecule has 1 fully saturated rings. The van der Waals surface area contributed by atoms with Crippen molar-refractivity contribution in [2.45, 2.75) is 18.9 Å². The van der Waals surface area contributed by atoms with Crippen molar-refractivity contribution in [1.29, 1.82) is 5.26 Å². The van der Waals surface area contributed by atoms with Gasteiger partial charge in [0.1, 0.15) is 6.10 Å². The maximum Gasteiger partial charge on any atom is 0.359 e. The van der Waals surface area contributed by atoms with Gasteiger partial charge in [-0.3, -0.25) is 0 Å². The molecular weight excluding hydrogens is 298 g/mol. The van der Waals surface area contributed by atoms with Crippen molar-refractivity contribution >= 4 is 11.7 Å². The normalized spacial score (nSPS) is 15.2. The number of nitrogens with zero attached hydrogens (tertiary/aromatic N) is 4. The molecule has 0 amide bonds. The fourth-order valence-corrected chi connectivity index (χ4v) is 2.58. The van der Waals surface area contributed by atoms with E-state index in [9.17, 15) is 4.79 Å². The molecule has 0 radical (unpaired) electrons. The molecule has 8 nitrogen and oxygen atoms in total. The first-order chi connectivity index (χ1) is 11.2. The number of carbonyl (C=O) groups is 1. The highest BCUT2D eigenvalue weighted by Gasteiger charge is 2.24. The Kier molecular flexibility index (Phi) is 4.10. The molecule has 1 saturated heterocycles. The van der Waals surface area contributed by atoms with Crippen LogP contribution in [0.4, 0.5) is 5.69 Å². The van der Waals surface area contributed by atoms with Crippen molar-refractivity contribution in [2.75, 3.05) is 18.0 Å². The van der Waals surface area contributed by atoms with Gasteiger partial charge in [0.2, 0.25) is 5.69 Å². The Morgan fingerprint density at radius 3 is 2.65 bits per heavy atom. The topological polar surface area (TPSA) is 115 Å². The summed E-state index contributed by atoms with van der Waals surface area (Å²) in [4.78, 5) is 13.2. The number of anilines is 1. The zero-order chi connectivity index (χ0) is 16.2. The van der Waals surface area contributed by atoms with Crippen LogP contribution in [0.3, 0.4) is 0 Å². The molecule has 1 aromatic heterocycles. The number of H-pyrrole nitrogens is 1. The van der Waals surface area contributed by atoms with E-state index in [1.807, 2.05) is 12.1 Å². The molecule has 0 saturated carbocycles. The number of nitrogens with one attached hydrogen (secondary N) is 1. The Balaban J connectivity index is 1.59. The van der Waals surface area contributed by atoms with E-state index >= 15 is 0 Å². The van der Waals surface area contributed by atoms with Gasteiger partial charge in [-0.05, 0) is 24.3 Å². The fourth-order valence-electron chi connectivity index (χ4n) is 2.58. The lowest BCUT2D eigenvalue weighted by Gasteiger charge is -2.33. The van der Waals surface area contributed by atoms with Gasteiger partial charge in [-0.25, -0.2) is 9.89 Å². The lowest BCUT2D eigenvalue weighted by atomic mass is 10.1. The number of rotatable bonds is 4. The summed E-state index contributed by atoms with van der Waals surface area (Å²) in [7, 11) is 0. The number of carboxylic acids is 1. The molecule has 0 bridgehead atoms. The minimum atomic E-state index is -1.14. The summed E-state index contributed by atoms with van der Waals surface area (Å²) in [5, 5.41) is 27.3. The molecule has 0 atom stereocenters. The van der Waals surface area contributed by atoms with Crippen LogP contribution in [0.25, 0.3) is 0 Å². The number of hydrogen-bond acceptors (Lipinski definition) is 6. The van der Waals surface area contributed by atoms with Gasteiger partial charge in [0, 0.05) is 31.6 Å². The number of aromatic nitrogens is 3. The van der Waals surface area contributed by atoms with Crippen molar-refractivity contribution in [2.24, 2.45) is 0 Å². The third kappa shape index (κ3) is 3.23. The van der Waals surface area contributed by atoms with E-state index in [-0.39, 0.29) is 17.7 Å². The standard InChI is InChI=1S/C15H15N5O3/c16-9-10-1-3-11(4-2-10)20-7-5-12(6-8-20)23-14-13(15(21)22)17-19-18-14/h1-4,12H,5-8H2,(H,21,22)(H,17,18,19). The van der Waals surface area contributed by atoms with Crippen LogP contribution in [0.15, 0.2) is 24.3 Å². The minimum absolute atomic E-state index is 0.0364. The Labute approximate surface area is 132 Å². The highest BCUT2D eigenvalue weighted by Crippen LogP contribution is 2.23. The number of carboxylic acid groups (broad SMARTS) is 1.